The Bertz CT molecular complexity index is 803. The molecule has 1 aliphatic rings. The molecule has 0 saturated carbocycles. The van der Waals surface area contributed by atoms with Gasteiger partial charge in [0, 0.05) is 23.9 Å². The highest BCUT2D eigenvalue weighted by atomic mass is 32.2. The van der Waals surface area contributed by atoms with Gasteiger partial charge in [0.25, 0.3) is 5.24 Å². The lowest BCUT2D eigenvalue weighted by Gasteiger charge is -2.14. The number of hydrogen-bond acceptors (Lipinski definition) is 6. The van der Waals surface area contributed by atoms with Crippen LogP contribution in [0, 0.1) is 13.8 Å². The van der Waals surface area contributed by atoms with E-state index in [1.807, 2.05) is 38.1 Å². The number of pyridine rings is 1. The van der Waals surface area contributed by atoms with Gasteiger partial charge in [-0.05, 0) is 49.2 Å². The number of ether oxygens (including phenoxy) is 1. The van der Waals surface area contributed by atoms with Gasteiger partial charge < -0.3 is 15.2 Å². The summed E-state index contributed by atoms with van der Waals surface area (Å²) in [6, 6.07) is 10.6. The number of aromatic nitrogens is 1. The molecule has 1 aromatic carbocycles. The van der Waals surface area contributed by atoms with Crippen LogP contribution < -0.4 is 10.1 Å². The van der Waals surface area contributed by atoms with Gasteiger partial charge in [-0.15, -0.1) is 0 Å². The zero-order valence-corrected chi connectivity index (χ0v) is 15.4. The molecule has 2 aromatic rings. The molecule has 0 bridgehead atoms. The first-order valence-electron chi connectivity index (χ1n) is 8.28. The Morgan fingerprint density at radius 3 is 2.58 bits per heavy atom. The Balaban J connectivity index is 1.55. The fraction of sp³-hybridized carbons (Fsp3) is 0.316. The molecule has 1 amide bonds. The van der Waals surface area contributed by atoms with Gasteiger partial charge in [0.2, 0.25) is 5.12 Å². The molecule has 0 radical (unpaired) electrons. The number of aliphatic hydroxyl groups is 1. The maximum atomic E-state index is 11.6. The predicted octanol–water partition coefficient (Wildman–Crippen LogP) is 2.70. The molecule has 1 aliphatic heterocycles. The maximum Gasteiger partial charge on any atom is 0.287 e. The first-order valence-corrected chi connectivity index (χ1v) is 9.09. The van der Waals surface area contributed by atoms with E-state index < -0.39 is 12.1 Å². The third-order valence-corrected chi connectivity index (χ3v) is 4.79. The fourth-order valence-electron chi connectivity index (χ4n) is 2.79. The Labute approximate surface area is 156 Å². The van der Waals surface area contributed by atoms with Gasteiger partial charge in [-0.1, -0.05) is 12.1 Å². The van der Waals surface area contributed by atoms with Crippen molar-refractivity contribution < 1.29 is 19.4 Å². The van der Waals surface area contributed by atoms with Gasteiger partial charge in [-0.2, -0.15) is 0 Å². The Morgan fingerprint density at radius 2 is 1.96 bits per heavy atom. The van der Waals surface area contributed by atoms with Crippen LogP contribution in [0.25, 0.3) is 0 Å². The standard InChI is InChI=1S/C19H20N2O4S/c1-11-7-12(2)20-15(8-11)17(22)10-25-14-5-3-13(4-6-14)9-16-18(23)26-19(24)21-16/h3-8,16-17,22H,9-10H2,1-2H3,(H,21,24). The Hall–Kier alpha value is -2.38. The largest absolute Gasteiger partial charge is 0.490 e. The van der Waals surface area contributed by atoms with Crippen LogP contribution in [0.3, 0.4) is 0 Å². The van der Waals surface area contributed by atoms with Gasteiger partial charge in [0.1, 0.15) is 24.5 Å². The van der Waals surface area contributed by atoms with Gasteiger partial charge in [-0.25, -0.2) is 0 Å². The van der Waals surface area contributed by atoms with Crippen molar-refractivity contribution in [3.8, 4) is 5.75 Å². The third kappa shape index (κ3) is 4.62. The van der Waals surface area contributed by atoms with Crippen LogP contribution in [0.15, 0.2) is 36.4 Å². The molecule has 3 rings (SSSR count). The van der Waals surface area contributed by atoms with Crippen molar-refractivity contribution in [2.45, 2.75) is 32.4 Å². The lowest BCUT2D eigenvalue weighted by atomic mass is 10.1. The molecule has 136 valence electrons. The summed E-state index contributed by atoms with van der Waals surface area (Å²) in [5.41, 5.74) is 3.42. The summed E-state index contributed by atoms with van der Waals surface area (Å²) in [5, 5.41) is 12.4. The van der Waals surface area contributed by atoms with E-state index in [-0.39, 0.29) is 17.0 Å². The molecule has 2 N–H and O–H groups in total. The number of aliphatic hydroxyl groups excluding tert-OH is 1. The highest BCUT2D eigenvalue weighted by molar-refractivity contribution is 8.26. The molecule has 1 saturated heterocycles. The van der Waals surface area contributed by atoms with Crippen LogP contribution >= 0.6 is 11.8 Å². The molecule has 2 unspecified atom stereocenters. The van der Waals surface area contributed by atoms with Gasteiger partial charge in [0.05, 0.1) is 5.69 Å². The lowest BCUT2D eigenvalue weighted by Crippen LogP contribution is -2.30. The second-order valence-corrected chi connectivity index (χ2v) is 7.27. The molecule has 7 heteroatoms. The van der Waals surface area contributed by atoms with E-state index in [9.17, 15) is 14.7 Å². The van der Waals surface area contributed by atoms with Crippen LogP contribution in [0.5, 0.6) is 5.75 Å². The van der Waals surface area contributed by atoms with E-state index in [1.165, 1.54) is 0 Å². The van der Waals surface area contributed by atoms with Crippen molar-refractivity contribution in [2.24, 2.45) is 0 Å². The molecule has 26 heavy (non-hydrogen) atoms. The molecular weight excluding hydrogens is 352 g/mol. The van der Waals surface area contributed by atoms with E-state index in [0.717, 1.165) is 16.8 Å². The molecule has 0 aliphatic carbocycles. The molecule has 2 heterocycles. The number of amides is 1. The summed E-state index contributed by atoms with van der Waals surface area (Å²) >= 11 is 0.715. The van der Waals surface area contributed by atoms with E-state index in [1.54, 1.807) is 12.1 Å². The van der Waals surface area contributed by atoms with E-state index in [2.05, 4.69) is 10.3 Å². The maximum absolute atomic E-state index is 11.6. The average molecular weight is 372 g/mol. The highest BCUT2D eigenvalue weighted by Crippen LogP contribution is 2.21. The number of nitrogens with one attached hydrogen (secondary N) is 1. The SMILES string of the molecule is Cc1cc(C)nc(C(O)COc2ccc(CC3NC(=O)SC3=O)cc2)c1. The van der Waals surface area contributed by atoms with Crippen LogP contribution in [0.4, 0.5) is 4.79 Å². The van der Waals surface area contributed by atoms with Crippen molar-refractivity contribution in [2.75, 3.05) is 6.61 Å². The third-order valence-electron chi connectivity index (χ3n) is 4.00. The summed E-state index contributed by atoms with van der Waals surface area (Å²) in [4.78, 5) is 27.2. The highest BCUT2D eigenvalue weighted by Gasteiger charge is 2.31. The molecule has 6 nitrogen and oxygen atoms in total. The van der Waals surface area contributed by atoms with Crippen LogP contribution in [-0.2, 0) is 11.2 Å². The topological polar surface area (TPSA) is 88.5 Å². The summed E-state index contributed by atoms with van der Waals surface area (Å²) in [7, 11) is 0. The first-order chi connectivity index (χ1) is 12.4. The number of rotatable bonds is 6. The van der Waals surface area contributed by atoms with Crippen molar-refractivity contribution in [3.05, 3.63) is 58.9 Å². The van der Waals surface area contributed by atoms with Crippen LogP contribution in [0.2, 0.25) is 0 Å². The minimum atomic E-state index is -0.809. The molecule has 2 atom stereocenters. The quantitative estimate of drug-likeness (QED) is 0.811. The number of carbonyl (C=O) groups is 2. The van der Waals surface area contributed by atoms with Gasteiger partial charge in [-0.3, -0.25) is 14.6 Å². The number of benzene rings is 1. The minimum absolute atomic E-state index is 0.100. The second-order valence-electron chi connectivity index (χ2n) is 6.29. The molecule has 1 aromatic heterocycles. The second kappa shape index (κ2) is 7.88. The zero-order chi connectivity index (χ0) is 18.7. The van der Waals surface area contributed by atoms with E-state index in [4.69, 9.17) is 4.74 Å². The van der Waals surface area contributed by atoms with Crippen molar-refractivity contribution in [1.82, 2.24) is 10.3 Å². The summed E-state index contributed by atoms with van der Waals surface area (Å²) < 4.78 is 5.63. The van der Waals surface area contributed by atoms with Crippen molar-refractivity contribution in [3.63, 3.8) is 0 Å². The molecule has 0 spiro atoms. The van der Waals surface area contributed by atoms with Crippen molar-refractivity contribution >= 4 is 22.1 Å². The summed E-state index contributed by atoms with van der Waals surface area (Å²) in [6.07, 6.45) is -0.357. The van der Waals surface area contributed by atoms with Gasteiger partial charge >= 0.3 is 0 Å². The number of nitrogens with zero attached hydrogens (tertiary/aromatic N) is 1. The number of thioether (sulfide) groups is 1. The predicted molar refractivity (Wildman–Crippen MR) is 99.2 cm³/mol. The monoisotopic (exact) mass is 372 g/mol. The lowest BCUT2D eigenvalue weighted by molar-refractivity contribution is -0.112. The zero-order valence-electron chi connectivity index (χ0n) is 14.6. The van der Waals surface area contributed by atoms with Crippen LogP contribution in [-0.4, -0.2) is 33.1 Å². The number of carbonyl (C=O) groups excluding carboxylic acids is 2. The fourth-order valence-corrected chi connectivity index (χ4v) is 3.46. The van der Waals surface area contributed by atoms with Crippen LogP contribution in [0.1, 0.15) is 28.6 Å². The van der Waals surface area contributed by atoms with Gasteiger partial charge in [0.15, 0.2) is 0 Å². The Morgan fingerprint density at radius 1 is 1.23 bits per heavy atom. The van der Waals surface area contributed by atoms with E-state index >= 15 is 0 Å². The normalized spacial score (nSPS) is 17.9. The first kappa shape index (κ1) is 18.4. The molecule has 1 fully saturated rings. The van der Waals surface area contributed by atoms with Crippen molar-refractivity contribution in [1.29, 1.82) is 0 Å². The average Bonchev–Trinajstić information content (AvgIpc) is 2.90. The smallest absolute Gasteiger partial charge is 0.287 e. The van der Waals surface area contributed by atoms with E-state index in [0.29, 0.717) is 29.6 Å². The Kier molecular flexibility index (Phi) is 5.58. The minimum Gasteiger partial charge on any atom is -0.490 e. The number of aryl methyl sites for hydroxylation is 2. The number of hydrogen-bond donors (Lipinski definition) is 2. The summed E-state index contributed by atoms with van der Waals surface area (Å²) in [6.45, 7) is 3.95. The molecular formula is C19H20N2O4S. The summed E-state index contributed by atoms with van der Waals surface area (Å²) in [5.74, 6) is 0.619.